The quantitative estimate of drug-likeness (QED) is 0.803. The summed E-state index contributed by atoms with van der Waals surface area (Å²) < 4.78 is 21.3. The van der Waals surface area contributed by atoms with Gasteiger partial charge in [0, 0.05) is 18.8 Å². The van der Waals surface area contributed by atoms with E-state index >= 15 is 0 Å². The maximum absolute atomic E-state index is 14.2. The fraction of sp³-hybridized carbons (Fsp3) is 0.467. The molecule has 1 saturated heterocycles. The molecule has 8 heteroatoms. The highest BCUT2D eigenvalue weighted by atomic mass is 35.5. The number of thioether (sulfide) groups is 1. The van der Waals surface area contributed by atoms with Crippen LogP contribution in [-0.2, 0) is 11.2 Å². The summed E-state index contributed by atoms with van der Waals surface area (Å²) in [6.07, 6.45) is 1.63. The molecule has 2 aromatic rings. The zero-order valence-corrected chi connectivity index (χ0v) is 14.3. The molecule has 1 unspecified atom stereocenters. The van der Waals surface area contributed by atoms with Gasteiger partial charge in [0.25, 0.3) is 0 Å². The van der Waals surface area contributed by atoms with Crippen molar-refractivity contribution in [1.29, 1.82) is 0 Å². The predicted molar refractivity (Wildman–Crippen MR) is 91.0 cm³/mol. The smallest absolute Gasteiger partial charge is 0.195 e. The lowest BCUT2D eigenvalue weighted by molar-refractivity contribution is 0.189. The lowest BCUT2D eigenvalue weighted by Crippen LogP contribution is -2.11. The van der Waals surface area contributed by atoms with Crippen LogP contribution in [-0.4, -0.2) is 40.3 Å². The minimum atomic E-state index is -0.286. The van der Waals surface area contributed by atoms with Crippen molar-refractivity contribution in [2.45, 2.75) is 18.0 Å². The van der Waals surface area contributed by atoms with E-state index in [1.54, 1.807) is 28.5 Å². The van der Waals surface area contributed by atoms with Crippen LogP contribution >= 0.6 is 24.2 Å². The highest BCUT2D eigenvalue weighted by Gasteiger charge is 2.20. The van der Waals surface area contributed by atoms with Crippen molar-refractivity contribution < 1.29 is 9.13 Å². The minimum absolute atomic E-state index is 0. The summed E-state index contributed by atoms with van der Waals surface area (Å²) in [6.45, 7) is 2.06. The Kier molecular flexibility index (Phi) is 6.83. The molecule has 0 saturated carbocycles. The Morgan fingerprint density at radius 3 is 2.87 bits per heavy atom. The molecule has 0 radical (unpaired) electrons. The molecule has 3 rings (SSSR count). The number of ether oxygens (including phenoxy) is 1. The summed E-state index contributed by atoms with van der Waals surface area (Å²) >= 11 is 1.60. The topological polar surface area (TPSA) is 66.0 Å². The molecular formula is C15H20ClFN4OS. The summed E-state index contributed by atoms with van der Waals surface area (Å²) in [5, 5.41) is 9.12. The third-order valence-corrected chi connectivity index (χ3v) is 4.79. The predicted octanol–water partition coefficient (Wildman–Crippen LogP) is 2.46. The molecule has 1 aromatic carbocycles. The average molecular weight is 359 g/mol. The normalized spacial score (nSPS) is 17.2. The summed E-state index contributed by atoms with van der Waals surface area (Å²) in [7, 11) is 0. The Hall–Kier alpha value is -1.15. The number of hydrogen-bond acceptors (Lipinski definition) is 5. The Labute approximate surface area is 145 Å². The summed E-state index contributed by atoms with van der Waals surface area (Å²) in [5.74, 6) is 1.83. The number of nitrogens with two attached hydrogens (primary N) is 1. The molecule has 0 amide bonds. The first-order chi connectivity index (χ1) is 10.8. The van der Waals surface area contributed by atoms with Crippen molar-refractivity contribution in [3.8, 4) is 5.69 Å². The van der Waals surface area contributed by atoms with Gasteiger partial charge < -0.3 is 10.5 Å². The molecule has 0 spiro atoms. The molecule has 1 aliphatic heterocycles. The van der Waals surface area contributed by atoms with Gasteiger partial charge in [0.1, 0.15) is 11.6 Å². The van der Waals surface area contributed by atoms with E-state index in [-0.39, 0.29) is 18.2 Å². The number of rotatable bonds is 6. The molecule has 1 atom stereocenters. The van der Waals surface area contributed by atoms with Crippen molar-refractivity contribution in [3.05, 3.63) is 35.9 Å². The lowest BCUT2D eigenvalue weighted by atomic mass is 10.2. The fourth-order valence-electron chi connectivity index (χ4n) is 2.47. The van der Waals surface area contributed by atoms with Crippen LogP contribution in [0.1, 0.15) is 12.2 Å². The number of hydrogen-bond donors (Lipinski definition) is 1. The second-order valence-corrected chi connectivity index (χ2v) is 6.25. The summed E-state index contributed by atoms with van der Waals surface area (Å²) in [6, 6.07) is 6.67. The van der Waals surface area contributed by atoms with Crippen molar-refractivity contribution in [3.63, 3.8) is 0 Å². The zero-order chi connectivity index (χ0) is 15.4. The number of benzene rings is 1. The standard InChI is InChI=1S/C15H19FN4OS.ClH/c16-12-3-1-2-4-13(12)20-14(5-7-17)18-19-15(20)22-10-11-6-8-21-9-11;/h1-4,11H,5-10,17H2;1H. The zero-order valence-electron chi connectivity index (χ0n) is 12.7. The second kappa shape index (κ2) is 8.63. The van der Waals surface area contributed by atoms with Crippen molar-refractivity contribution in [2.24, 2.45) is 11.7 Å². The van der Waals surface area contributed by atoms with Crippen LogP contribution in [0, 0.1) is 11.7 Å². The van der Waals surface area contributed by atoms with Crippen molar-refractivity contribution in [1.82, 2.24) is 14.8 Å². The third-order valence-electron chi connectivity index (χ3n) is 3.63. The summed E-state index contributed by atoms with van der Waals surface area (Å²) in [4.78, 5) is 0. The van der Waals surface area contributed by atoms with E-state index in [1.807, 2.05) is 6.07 Å². The van der Waals surface area contributed by atoms with E-state index in [0.717, 1.165) is 25.4 Å². The van der Waals surface area contributed by atoms with Crippen LogP contribution < -0.4 is 5.73 Å². The van der Waals surface area contributed by atoms with E-state index in [2.05, 4.69) is 10.2 Å². The summed E-state index contributed by atoms with van der Waals surface area (Å²) in [5.41, 5.74) is 6.10. The number of nitrogens with zero attached hydrogens (tertiary/aromatic N) is 3. The average Bonchev–Trinajstić information content (AvgIpc) is 3.16. The molecule has 2 heterocycles. The first-order valence-corrected chi connectivity index (χ1v) is 8.38. The Balaban J connectivity index is 0.00000192. The van der Waals surface area contributed by atoms with Gasteiger partial charge >= 0.3 is 0 Å². The third kappa shape index (κ3) is 4.23. The molecule has 0 aliphatic carbocycles. The highest BCUT2D eigenvalue weighted by molar-refractivity contribution is 7.99. The monoisotopic (exact) mass is 358 g/mol. The molecule has 0 bridgehead atoms. The van der Waals surface area contributed by atoms with Gasteiger partial charge in [-0.1, -0.05) is 23.9 Å². The van der Waals surface area contributed by atoms with Gasteiger partial charge in [-0.15, -0.1) is 22.6 Å². The largest absolute Gasteiger partial charge is 0.381 e. The molecule has 1 aliphatic rings. The van der Waals surface area contributed by atoms with Crippen LogP contribution in [0.5, 0.6) is 0 Å². The van der Waals surface area contributed by atoms with Gasteiger partial charge in [-0.05, 0) is 31.0 Å². The minimum Gasteiger partial charge on any atom is -0.381 e. The van der Waals surface area contributed by atoms with E-state index in [0.29, 0.717) is 35.6 Å². The van der Waals surface area contributed by atoms with Crippen LogP contribution in [0.15, 0.2) is 29.4 Å². The number of para-hydroxylation sites is 1. The lowest BCUT2D eigenvalue weighted by Gasteiger charge is -2.12. The Morgan fingerprint density at radius 2 is 2.17 bits per heavy atom. The number of halogens is 2. The van der Waals surface area contributed by atoms with Crippen LogP contribution in [0.2, 0.25) is 0 Å². The van der Waals surface area contributed by atoms with Crippen LogP contribution in [0.3, 0.4) is 0 Å². The SMILES string of the molecule is Cl.NCCc1nnc(SCC2CCOC2)n1-c1ccccc1F. The van der Waals surface area contributed by atoms with Crippen molar-refractivity contribution in [2.75, 3.05) is 25.5 Å². The van der Waals surface area contributed by atoms with Gasteiger partial charge in [-0.25, -0.2) is 4.39 Å². The molecule has 1 fully saturated rings. The first kappa shape index (κ1) is 18.2. The Bertz CT molecular complexity index is 634. The van der Waals surface area contributed by atoms with E-state index < -0.39 is 0 Å². The van der Waals surface area contributed by atoms with Crippen LogP contribution in [0.4, 0.5) is 4.39 Å². The van der Waals surface area contributed by atoms with Gasteiger partial charge in [-0.3, -0.25) is 4.57 Å². The van der Waals surface area contributed by atoms with Gasteiger partial charge in [0.15, 0.2) is 5.16 Å². The highest BCUT2D eigenvalue weighted by Crippen LogP contribution is 2.27. The Morgan fingerprint density at radius 1 is 1.35 bits per heavy atom. The second-order valence-electron chi connectivity index (χ2n) is 5.26. The molecule has 2 N–H and O–H groups in total. The van der Waals surface area contributed by atoms with Gasteiger partial charge in [-0.2, -0.15) is 0 Å². The van der Waals surface area contributed by atoms with Gasteiger partial charge in [0.2, 0.25) is 0 Å². The fourth-order valence-corrected chi connectivity index (χ4v) is 3.55. The van der Waals surface area contributed by atoms with Crippen molar-refractivity contribution >= 4 is 24.2 Å². The van der Waals surface area contributed by atoms with E-state index in [4.69, 9.17) is 10.5 Å². The molecule has 23 heavy (non-hydrogen) atoms. The van der Waals surface area contributed by atoms with E-state index in [9.17, 15) is 4.39 Å². The maximum Gasteiger partial charge on any atom is 0.195 e. The van der Waals surface area contributed by atoms with Crippen LogP contribution in [0.25, 0.3) is 5.69 Å². The maximum atomic E-state index is 14.2. The van der Waals surface area contributed by atoms with Gasteiger partial charge in [0.05, 0.1) is 12.3 Å². The first-order valence-electron chi connectivity index (χ1n) is 7.39. The van der Waals surface area contributed by atoms with E-state index in [1.165, 1.54) is 6.07 Å². The molecule has 1 aromatic heterocycles. The molecule has 126 valence electrons. The molecular weight excluding hydrogens is 339 g/mol. The number of aromatic nitrogens is 3. The molecule has 5 nitrogen and oxygen atoms in total.